The van der Waals surface area contributed by atoms with E-state index in [0.29, 0.717) is 12.8 Å². The van der Waals surface area contributed by atoms with Crippen LogP contribution in [0.3, 0.4) is 0 Å². The second-order valence-electron chi connectivity index (χ2n) is 21.2. The second-order valence-corrected chi connectivity index (χ2v) is 21.2. The van der Waals surface area contributed by atoms with E-state index in [9.17, 15) is 19.5 Å². The highest BCUT2D eigenvalue weighted by Crippen LogP contribution is 2.17. The molecule has 0 saturated carbocycles. The minimum absolute atomic E-state index is 0.0415. The molecule has 0 amide bonds. The SMILES string of the molecule is CC/C=C\C/C=C\C/C=C\C/C=C\CCCCCCCCCCCCC(=O)OC(COCCC(C(=O)[O-])[N+](C)(C)C)COC(=O)CCCCCCCCCCCCCCCCCCCCCCCCC. The van der Waals surface area contributed by atoms with Crippen molar-refractivity contribution in [1.82, 2.24) is 0 Å². The van der Waals surface area contributed by atoms with Gasteiger partial charge in [-0.1, -0.05) is 255 Å². The Morgan fingerprint density at radius 2 is 0.800 bits per heavy atom. The Morgan fingerprint density at radius 1 is 0.443 bits per heavy atom. The number of carboxylic acid groups (broad SMARTS) is 1. The van der Waals surface area contributed by atoms with Crippen molar-refractivity contribution in [3.8, 4) is 0 Å². The molecule has 0 radical (unpaired) electrons. The van der Waals surface area contributed by atoms with Crippen LogP contribution in [0.1, 0.15) is 277 Å². The van der Waals surface area contributed by atoms with Crippen LogP contribution >= 0.6 is 0 Å². The molecule has 0 fully saturated rings. The molecule has 0 aromatic rings. The van der Waals surface area contributed by atoms with Crippen LogP contribution in [-0.4, -0.2) is 75.5 Å². The van der Waals surface area contributed by atoms with E-state index in [0.717, 1.165) is 64.2 Å². The number of unbranched alkanes of at least 4 members (excludes halogenated alkanes) is 32. The molecule has 0 aromatic carbocycles. The number of carboxylic acids is 1. The molecule has 2 unspecified atom stereocenters. The minimum atomic E-state index is -1.12. The van der Waals surface area contributed by atoms with Crippen molar-refractivity contribution in [3.05, 3.63) is 48.6 Å². The van der Waals surface area contributed by atoms with Crippen molar-refractivity contribution >= 4 is 17.9 Å². The fourth-order valence-electron chi connectivity index (χ4n) is 8.95. The van der Waals surface area contributed by atoms with Gasteiger partial charge in [-0.05, 0) is 51.4 Å². The van der Waals surface area contributed by atoms with E-state index < -0.39 is 18.1 Å². The van der Waals surface area contributed by atoms with Gasteiger partial charge in [0.25, 0.3) is 0 Å². The molecule has 70 heavy (non-hydrogen) atoms. The van der Waals surface area contributed by atoms with Crippen LogP contribution in [0.4, 0.5) is 0 Å². The summed E-state index contributed by atoms with van der Waals surface area (Å²) in [4.78, 5) is 37.2. The zero-order valence-corrected chi connectivity index (χ0v) is 46.7. The Kier molecular flexibility index (Phi) is 50.6. The summed E-state index contributed by atoms with van der Waals surface area (Å²) >= 11 is 0. The van der Waals surface area contributed by atoms with Crippen LogP contribution in [-0.2, 0) is 28.6 Å². The van der Waals surface area contributed by atoms with E-state index in [2.05, 4.69) is 62.5 Å². The number of carbonyl (C=O) groups is 3. The van der Waals surface area contributed by atoms with Gasteiger partial charge in [0.2, 0.25) is 0 Å². The van der Waals surface area contributed by atoms with Crippen LogP contribution in [0.5, 0.6) is 0 Å². The number of aliphatic carboxylic acids is 1. The molecule has 2 atom stereocenters. The average molecular weight is 985 g/mol. The van der Waals surface area contributed by atoms with Gasteiger partial charge in [-0.3, -0.25) is 9.59 Å². The van der Waals surface area contributed by atoms with Gasteiger partial charge in [0.1, 0.15) is 12.6 Å². The van der Waals surface area contributed by atoms with Gasteiger partial charge < -0.3 is 28.6 Å². The molecule has 8 nitrogen and oxygen atoms in total. The van der Waals surface area contributed by atoms with Crippen molar-refractivity contribution in [3.63, 3.8) is 0 Å². The van der Waals surface area contributed by atoms with Gasteiger partial charge >= 0.3 is 11.9 Å². The summed E-state index contributed by atoms with van der Waals surface area (Å²) in [7, 11) is 5.43. The first-order valence-electron chi connectivity index (χ1n) is 29.7. The number of nitrogens with zero attached hydrogens (tertiary/aromatic N) is 1. The Bertz CT molecular complexity index is 1280. The molecule has 0 aliphatic rings. The molecule has 0 rings (SSSR count). The fraction of sp³-hybridized carbons (Fsp3) is 0.823. The van der Waals surface area contributed by atoms with Gasteiger partial charge in [0, 0.05) is 19.3 Å². The summed E-state index contributed by atoms with van der Waals surface area (Å²) in [5, 5.41) is 11.7. The zero-order chi connectivity index (χ0) is 51.3. The highest BCUT2D eigenvalue weighted by molar-refractivity contribution is 5.70. The van der Waals surface area contributed by atoms with Gasteiger partial charge in [-0.2, -0.15) is 0 Å². The smallest absolute Gasteiger partial charge is 0.306 e. The molecular formula is C62H113NO7. The van der Waals surface area contributed by atoms with Crippen LogP contribution in [0.25, 0.3) is 0 Å². The summed E-state index contributed by atoms with van der Waals surface area (Å²) in [6.07, 6.45) is 65.9. The molecule has 0 heterocycles. The van der Waals surface area contributed by atoms with Crippen LogP contribution in [0, 0.1) is 0 Å². The number of carbonyl (C=O) groups excluding carboxylic acids is 3. The monoisotopic (exact) mass is 984 g/mol. The number of hydrogen-bond donors (Lipinski definition) is 0. The van der Waals surface area contributed by atoms with E-state index in [-0.39, 0.29) is 42.7 Å². The van der Waals surface area contributed by atoms with Crippen LogP contribution in [0.15, 0.2) is 48.6 Å². The van der Waals surface area contributed by atoms with Gasteiger partial charge in [-0.15, -0.1) is 0 Å². The Morgan fingerprint density at radius 3 is 1.19 bits per heavy atom. The highest BCUT2D eigenvalue weighted by atomic mass is 16.6. The van der Waals surface area contributed by atoms with Crippen molar-refractivity contribution in [2.24, 2.45) is 0 Å². The lowest BCUT2D eigenvalue weighted by atomic mass is 10.0. The predicted octanol–water partition coefficient (Wildman–Crippen LogP) is 16.5. The Balaban J connectivity index is 4.13. The van der Waals surface area contributed by atoms with E-state index in [1.807, 2.05) is 21.1 Å². The van der Waals surface area contributed by atoms with Gasteiger partial charge in [0.05, 0.1) is 40.3 Å². The summed E-state index contributed by atoms with van der Waals surface area (Å²) in [5.41, 5.74) is 0. The number of ether oxygens (including phenoxy) is 3. The lowest BCUT2D eigenvalue weighted by Gasteiger charge is -2.34. The van der Waals surface area contributed by atoms with E-state index >= 15 is 0 Å². The first-order chi connectivity index (χ1) is 34.1. The average Bonchev–Trinajstić information content (AvgIpc) is 3.33. The molecule has 0 bridgehead atoms. The maximum atomic E-state index is 12.8. The van der Waals surface area contributed by atoms with E-state index in [1.165, 1.54) is 180 Å². The number of allylic oxidation sites excluding steroid dienone is 8. The standard InChI is InChI=1S/C62H113NO7/c1-6-8-10-12-14-16-18-20-22-24-26-28-30-32-34-36-38-40-42-44-46-48-50-52-60(64)69-57-58(56-68-55-54-59(62(66)67)63(3,4)5)70-61(65)53-51-49-47-45-43-41-39-37-35-33-31-29-27-25-23-21-19-17-15-13-11-9-7-2/h9,11,15,17,21,23,27,29,58-59H,6-8,10,12-14,16,18-20,22,24-26,28,30-57H2,1-5H3/b11-9-,17-15-,23-21-,29-27-. The second kappa shape index (κ2) is 52.6. The number of likely N-dealkylation sites (N-methyl/N-ethyl adjacent to an activating group) is 1. The maximum Gasteiger partial charge on any atom is 0.306 e. The first-order valence-corrected chi connectivity index (χ1v) is 29.7. The number of esters is 2. The predicted molar refractivity (Wildman–Crippen MR) is 296 cm³/mol. The molecule has 0 N–H and O–H groups in total. The quantitative estimate of drug-likeness (QED) is 0.0259. The number of quaternary nitrogens is 1. The van der Waals surface area contributed by atoms with Crippen molar-refractivity contribution in [2.45, 2.75) is 289 Å². The van der Waals surface area contributed by atoms with Gasteiger partial charge in [-0.25, -0.2) is 0 Å². The third-order valence-electron chi connectivity index (χ3n) is 13.5. The molecule has 0 aliphatic heterocycles. The zero-order valence-electron chi connectivity index (χ0n) is 46.7. The summed E-state index contributed by atoms with van der Waals surface area (Å²) in [6, 6.07) is -0.727. The summed E-state index contributed by atoms with van der Waals surface area (Å²) < 4.78 is 17.3. The largest absolute Gasteiger partial charge is 0.544 e. The van der Waals surface area contributed by atoms with E-state index in [1.54, 1.807) is 0 Å². The van der Waals surface area contributed by atoms with Crippen LogP contribution < -0.4 is 5.11 Å². The molecule has 408 valence electrons. The van der Waals surface area contributed by atoms with Crippen molar-refractivity contribution in [1.29, 1.82) is 0 Å². The molecule has 0 saturated heterocycles. The Hall–Kier alpha value is -2.71. The molecular weight excluding hydrogens is 871 g/mol. The normalized spacial score (nSPS) is 13.1. The molecule has 0 spiro atoms. The van der Waals surface area contributed by atoms with Gasteiger partial charge in [0.15, 0.2) is 6.10 Å². The first kappa shape index (κ1) is 67.3. The molecule has 0 aromatic heterocycles. The summed E-state index contributed by atoms with van der Waals surface area (Å²) in [5.74, 6) is -1.72. The highest BCUT2D eigenvalue weighted by Gasteiger charge is 2.25. The molecule has 0 aliphatic carbocycles. The number of rotatable bonds is 54. The van der Waals surface area contributed by atoms with E-state index in [4.69, 9.17) is 14.2 Å². The number of hydrogen-bond acceptors (Lipinski definition) is 7. The maximum absolute atomic E-state index is 12.8. The topological polar surface area (TPSA) is 102 Å². The fourth-order valence-corrected chi connectivity index (χ4v) is 8.95. The third-order valence-corrected chi connectivity index (χ3v) is 13.5. The summed E-state index contributed by atoms with van der Waals surface area (Å²) in [6.45, 7) is 4.60. The van der Waals surface area contributed by atoms with Crippen molar-refractivity contribution in [2.75, 3.05) is 41.0 Å². The lowest BCUT2D eigenvalue weighted by Crippen LogP contribution is -2.55. The Labute approximate surface area is 433 Å². The van der Waals surface area contributed by atoms with Crippen LogP contribution in [0.2, 0.25) is 0 Å². The lowest BCUT2D eigenvalue weighted by molar-refractivity contribution is -0.889. The minimum Gasteiger partial charge on any atom is -0.544 e. The van der Waals surface area contributed by atoms with Crippen molar-refractivity contribution < 1.29 is 38.2 Å². The molecule has 8 heteroatoms. The third kappa shape index (κ3) is 50.2.